The second-order valence-corrected chi connectivity index (χ2v) is 12.0. The maximum Gasteiger partial charge on any atom is 0.164 e. The topological polar surface area (TPSA) is 60.9 Å². The first-order valence-corrected chi connectivity index (χ1v) is 16.0. The van der Waals surface area contributed by atoms with Gasteiger partial charge in [0.15, 0.2) is 23.1 Å². The van der Waals surface area contributed by atoms with Crippen molar-refractivity contribution in [3.8, 4) is 39.9 Å². The van der Waals surface area contributed by atoms with E-state index < -0.39 is 0 Å². The van der Waals surface area contributed by atoms with E-state index in [0.29, 0.717) is 17.5 Å². The smallest absolute Gasteiger partial charge is 0.164 e. The van der Waals surface area contributed by atoms with Crippen LogP contribution < -0.4 is 0 Å². The highest BCUT2D eigenvalue weighted by Gasteiger charge is 2.20. The van der Waals surface area contributed by atoms with Crippen LogP contribution in [0.2, 0.25) is 0 Å². The van der Waals surface area contributed by atoms with E-state index in [0.717, 1.165) is 44.6 Å². The Labute approximate surface area is 275 Å². The van der Waals surface area contributed by atoms with Crippen LogP contribution in [-0.4, -0.2) is 28.9 Å². The molecule has 4 aromatic heterocycles. The molecule has 10 aromatic rings. The van der Waals surface area contributed by atoms with Crippen LogP contribution >= 0.6 is 0 Å². The van der Waals surface area contributed by atoms with Crippen LogP contribution in [0.15, 0.2) is 158 Å². The summed E-state index contributed by atoms with van der Waals surface area (Å²) < 4.78 is 4.66. The fraction of sp³-hybridized carbons (Fsp3) is 0. The molecule has 6 heteroatoms. The van der Waals surface area contributed by atoms with Crippen LogP contribution in [0.3, 0.4) is 0 Å². The number of fused-ring (bicyclic) bond motifs is 5. The van der Waals surface area contributed by atoms with E-state index in [-0.39, 0.29) is 0 Å². The van der Waals surface area contributed by atoms with Gasteiger partial charge in [-0.1, -0.05) is 115 Å². The Balaban J connectivity index is 1.29. The SMILES string of the molecule is c1ccc(-c2nc(-c3ccccc3)nc(-c3cccc(-n4c5cccc6ccc7c8ccccc8n(c8ncccc84)c7c65)c3)n2)cc1. The van der Waals surface area contributed by atoms with Crippen molar-refractivity contribution in [2.45, 2.75) is 0 Å². The quantitative estimate of drug-likeness (QED) is 0.198. The van der Waals surface area contributed by atoms with E-state index in [4.69, 9.17) is 19.9 Å². The van der Waals surface area contributed by atoms with Gasteiger partial charge in [0.1, 0.15) is 0 Å². The van der Waals surface area contributed by atoms with Crippen molar-refractivity contribution in [3.05, 3.63) is 158 Å². The summed E-state index contributed by atoms with van der Waals surface area (Å²) >= 11 is 0. The van der Waals surface area contributed by atoms with Gasteiger partial charge in [-0.15, -0.1) is 0 Å². The Morgan fingerprint density at radius 1 is 0.438 bits per heavy atom. The summed E-state index contributed by atoms with van der Waals surface area (Å²) in [7, 11) is 0. The Hall–Kier alpha value is -6.66. The summed E-state index contributed by atoms with van der Waals surface area (Å²) in [6, 6.07) is 52.4. The van der Waals surface area contributed by atoms with Crippen LogP contribution in [0.1, 0.15) is 0 Å². The number of para-hydroxylation sites is 1. The van der Waals surface area contributed by atoms with Crippen molar-refractivity contribution < 1.29 is 0 Å². The van der Waals surface area contributed by atoms with E-state index in [9.17, 15) is 0 Å². The van der Waals surface area contributed by atoms with Gasteiger partial charge in [-0.3, -0.25) is 4.40 Å². The maximum atomic E-state index is 5.03. The van der Waals surface area contributed by atoms with Crippen molar-refractivity contribution in [2.24, 2.45) is 0 Å². The Morgan fingerprint density at radius 2 is 1.06 bits per heavy atom. The highest BCUT2D eigenvalue weighted by atomic mass is 15.1. The second kappa shape index (κ2) is 10.4. The fourth-order valence-corrected chi connectivity index (χ4v) is 7.08. The molecule has 0 fully saturated rings. The molecule has 0 N–H and O–H groups in total. The first kappa shape index (κ1) is 26.5. The second-order valence-electron chi connectivity index (χ2n) is 12.0. The first-order chi connectivity index (χ1) is 23.8. The van der Waals surface area contributed by atoms with E-state index in [2.05, 4.69) is 93.9 Å². The number of benzene rings is 6. The minimum atomic E-state index is 0.614. The highest BCUT2D eigenvalue weighted by molar-refractivity contribution is 6.23. The van der Waals surface area contributed by atoms with E-state index in [1.54, 1.807) is 0 Å². The first-order valence-electron chi connectivity index (χ1n) is 16.0. The van der Waals surface area contributed by atoms with Gasteiger partial charge in [-0.25, -0.2) is 19.9 Å². The summed E-state index contributed by atoms with van der Waals surface area (Å²) in [4.78, 5) is 20.0. The molecule has 4 heterocycles. The molecule has 0 atom stereocenters. The molecule has 0 saturated heterocycles. The average Bonchev–Trinajstić information content (AvgIpc) is 3.43. The zero-order valence-electron chi connectivity index (χ0n) is 25.7. The van der Waals surface area contributed by atoms with Gasteiger partial charge >= 0.3 is 0 Å². The number of hydrogen-bond donors (Lipinski definition) is 0. The van der Waals surface area contributed by atoms with E-state index in [1.165, 1.54) is 27.1 Å². The summed E-state index contributed by atoms with van der Waals surface area (Å²) in [5.74, 6) is 1.89. The van der Waals surface area contributed by atoms with Crippen molar-refractivity contribution in [2.75, 3.05) is 0 Å². The lowest BCUT2D eigenvalue weighted by atomic mass is 10.0. The monoisotopic (exact) mass is 614 g/mol. The Bertz CT molecular complexity index is 2760. The van der Waals surface area contributed by atoms with E-state index >= 15 is 0 Å². The van der Waals surface area contributed by atoms with Gasteiger partial charge < -0.3 is 4.57 Å². The minimum Gasteiger partial charge on any atom is -0.306 e. The third-order valence-corrected chi connectivity index (χ3v) is 9.18. The van der Waals surface area contributed by atoms with Crippen molar-refractivity contribution in [3.63, 3.8) is 0 Å². The molecule has 0 saturated carbocycles. The molecule has 48 heavy (non-hydrogen) atoms. The number of hydrogen-bond acceptors (Lipinski definition) is 4. The van der Waals surface area contributed by atoms with Crippen LogP contribution in [0.5, 0.6) is 0 Å². The average molecular weight is 615 g/mol. The largest absolute Gasteiger partial charge is 0.306 e. The molecule has 0 aliphatic carbocycles. The summed E-state index contributed by atoms with van der Waals surface area (Å²) in [6.45, 7) is 0. The number of aromatic nitrogens is 6. The van der Waals surface area contributed by atoms with Gasteiger partial charge in [0.05, 0.1) is 22.1 Å². The van der Waals surface area contributed by atoms with Crippen molar-refractivity contribution >= 4 is 49.3 Å². The number of rotatable bonds is 4. The molecular weight excluding hydrogens is 589 g/mol. The van der Waals surface area contributed by atoms with Crippen LogP contribution in [-0.2, 0) is 0 Å². The summed E-state index contributed by atoms with van der Waals surface area (Å²) in [6.07, 6.45) is 1.88. The lowest BCUT2D eigenvalue weighted by molar-refractivity contribution is 1.07. The Kier molecular flexibility index (Phi) is 5.77. The zero-order chi connectivity index (χ0) is 31.6. The van der Waals surface area contributed by atoms with Crippen LogP contribution in [0, 0.1) is 0 Å². The molecule has 0 amide bonds. The molecular formula is C42H26N6. The summed E-state index contributed by atoms with van der Waals surface area (Å²) in [5.41, 5.74) is 9.04. The fourth-order valence-electron chi connectivity index (χ4n) is 7.08. The van der Waals surface area contributed by atoms with Gasteiger partial charge in [-0.05, 0) is 41.8 Å². The maximum absolute atomic E-state index is 5.03. The normalized spacial score (nSPS) is 11.8. The standard InChI is InChI=1S/C42H26N6/c1-3-12-28(13-4-1)39-44-40(29-14-5-2-6-15-29)46-41(45-39)30-17-9-18-31(26-30)47-35-21-10-16-27-23-24-33-32-19-7-8-20-34(32)48(38(33)37(27)35)42-36(47)22-11-25-43-42/h1-26H. The predicted molar refractivity (Wildman–Crippen MR) is 194 cm³/mol. The molecule has 0 aliphatic rings. The molecule has 0 spiro atoms. The third-order valence-electron chi connectivity index (χ3n) is 9.18. The molecule has 224 valence electrons. The number of nitrogens with zero attached hydrogens (tertiary/aromatic N) is 6. The lowest BCUT2D eigenvalue weighted by Gasteiger charge is -2.14. The predicted octanol–water partition coefficient (Wildman–Crippen LogP) is 9.92. The van der Waals surface area contributed by atoms with Crippen LogP contribution in [0.25, 0.3) is 89.1 Å². The minimum absolute atomic E-state index is 0.614. The Morgan fingerprint density at radius 3 is 1.83 bits per heavy atom. The third kappa shape index (κ3) is 3.99. The van der Waals surface area contributed by atoms with E-state index in [1.807, 2.05) is 72.9 Å². The van der Waals surface area contributed by atoms with Crippen LogP contribution in [0.4, 0.5) is 0 Å². The molecule has 0 bridgehead atoms. The molecule has 0 unspecified atom stereocenters. The van der Waals surface area contributed by atoms with Gasteiger partial charge in [0.25, 0.3) is 0 Å². The highest BCUT2D eigenvalue weighted by Crippen LogP contribution is 2.39. The molecule has 6 nitrogen and oxygen atoms in total. The van der Waals surface area contributed by atoms with Gasteiger partial charge in [0, 0.05) is 44.7 Å². The zero-order valence-corrected chi connectivity index (χ0v) is 25.7. The van der Waals surface area contributed by atoms with Crippen molar-refractivity contribution in [1.82, 2.24) is 28.9 Å². The molecule has 10 rings (SSSR count). The molecule has 0 aliphatic heterocycles. The summed E-state index contributed by atoms with van der Waals surface area (Å²) in [5, 5.41) is 4.79. The molecule has 0 radical (unpaired) electrons. The van der Waals surface area contributed by atoms with Gasteiger partial charge in [-0.2, -0.15) is 0 Å². The van der Waals surface area contributed by atoms with Crippen molar-refractivity contribution in [1.29, 1.82) is 0 Å². The number of pyridine rings is 1. The lowest BCUT2D eigenvalue weighted by Crippen LogP contribution is -2.02. The van der Waals surface area contributed by atoms with Gasteiger partial charge in [0.2, 0.25) is 0 Å². The molecule has 6 aromatic carbocycles.